The summed E-state index contributed by atoms with van der Waals surface area (Å²) in [7, 11) is 0. The number of carbonyl (C=O) groups is 1. The smallest absolute Gasteiger partial charge is 0.224 e. The fourth-order valence-electron chi connectivity index (χ4n) is 1.22. The maximum Gasteiger partial charge on any atom is 0.224 e. The van der Waals surface area contributed by atoms with Gasteiger partial charge in [0.15, 0.2) is 0 Å². The molecule has 0 radical (unpaired) electrons. The third-order valence-electron chi connectivity index (χ3n) is 2.26. The van der Waals surface area contributed by atoms with E-state index in [2.05, 4.69) is 5.32 Å². The van der Waals surface area contributed by atoms with E-state index in [-0.39, 0.29) is 5.91 Å². The maximum atomic E-state index is 11.5. The average molecular weight is 206 g/mol. The molecule has 1 aromatic rings. The van der Waals surface area contributed by atoms with Crippen molar-refractivity contribution in [3.63, 3.8) is 0 Å². The Morgan fingerprint density at radius 2 is 2.07 bits per heavy atom. The third kappa shape index (κ3) is 4.61. The van der Waals surface area contributed by atoms with E-state index in [1.165, 1.54) is 0 Å². The predicted octanol–water partition coefficient (Wildman–Crippen LogP) is 0.940. The quantitative estimate of drug-likeness (QED) is 0.753. The van der Waals surface area contributed by atoms with Gasteiger partial charge in [-0.15, -0.1) is 0 Å². The minimum Gasteiger partial charge on any atom is -0.356 e. The lowest BCUT2D eigenvalue weighted by atomic mass is 10.1. The van der Waals surface area contributed by atoms with Crippen LogP contribution in [0.25, 0.3) is 0 Å². The zero-order valence-corrected chi connectivity index (χ0v) is 9.07. The lowest BCUT2D eigenvalue weighted by Gasteiger charge is -2.09. The van der Waals surface area contributed by atoms with Crippen molar-refractivity contribution in [2.45, 2.75) is 13.3 Å². The van der Waals surface area contributed by atoms with Gasteiger partial charge in [0, 0.05) is 6.54 Å². The Morgan fingerprint density at radius 1 is 1.40 bits per heavy atom. The average Bonchev–Trinajstić information content (AvgIpc) is 2.27. The van der Waals surface area contributed by atoms with E-state index < -0.39 is 0 Å². The molecular weight excluding hydrogens is 188 g/mol. The summed E-state index contributed by atoms with van der Waals surface area (Å²) in [4.78, 5) is 11.5. The molecule has 0 spiro atoms. The van der Waals surface area contributed by atoms with Crippen LogP contribution in [0, 0.1) is 5.92 Å². The van der Waals surface area contributed by atoms with Gasteiger partial charge < -0.3 is 11.1 Å². The van der Waals surface area contributed by atoms with Crippen LogP contribution in [0.4, 0.5) is 0 Å². The Hall–Kier alpha value is -1.35. The van der Waals surface area contributed by atoms with Gasteiger partial charge in [-0.3, -0.25) is 4.79 Å². The van der Waals surface area contributed by atoms with Crippen LogP contribution in [0.15, 0.2) is 30.3 Å². The van der Waals surface area contributed by atoms with Gasteiger partial charge in [-0.1, -0.05) is 37.3 Å². The first-order chi connectivity index (χ1) is 7.22. The molecule has 3 nitrogen and oxygen atoms in total. The molecule has 3 N–H and O–H groups in total. The monoisotopic (exact) mass is 206 g/mol. The SMILES string of the molecule is CC(CN)CNC(=O)Cc1ccccc1. The second kappa shape index (κ2) is 6.19. The molecule has 0 fully saturated rings. The van der Waals surface area contributed by atoms with Crippen molar-refractivity contribution in [2.24, 2.45) is 11.7 Å². The maximum absolute atomic E-state index is 11.5. The number of nitrogens with one attached hydrogen (secondary N) is 1. The van der Waals surface area contributed by atoms with Crippen molar-refractivity contribution in [3.05, 3.63) is 35.9 Å². The van der Waals surface area contributed by atoms with Gasteiger partial charge in [0.2, 0.25) is 5.91 Å². The number of hydrogen-bond donors (Lipinski definition) is 2. The minimum atomic E-state index is 0.0569. The number of hydrogen-bond acceptors (Lipinski definition) is 2. The summed E-state index contributed by atoms with van der Waals surface area (Å²) < 4.78 is 0. The van der Waals surface area contributed by atoms with Gasteiger partial charge in [0.25, 0.3) is 0 Å². The summed E-state index contributed by atoms with van der Waals surface area (Å²) in [6.07, 6.45) is 0.443. The summed E-state index contributed by atoms with van der Waals surface area (Å²) in [5.74, 6) is 0.395. The molecule has 0 heterocycles. The number of nitrogens with two attached hydrogens (primary N) is 1. The zero-order valence-electron chi connectivity index (χ0n) is 9.07. The van der Waals surface area contributed by atoms with Gasteiger partial charge >= 0.3 is 0 Å². The zero-order chi connectivity index (χ0) is 11.1. The Bertz CT molecular complexity index is 298. The van der Waals surface area contributed by atoms with Crippen molar-refractivity contribution in [1.82, 2.24) is 5.32 Å². The van der Waals surface area contributed by atoms with E-state index in [0.717, 1.165) is 5.56 Å². The van der Waals surface area contributed by atoms with E-state index in [1.807, 2.05) is 37.3 Å². The van der Waals surface area contributed by atoms with Crippen LogP contribution >= 0.6 is 0 Å². The summed E-state index contributed by atoms with van der Waals surface area (Å²) in [6, 6.07) is 9.71. The largest absolute Gasteiger partial charge is 0.356 e. The fourth-order valence-corrected chi connectivity index (χ4v) is 1.22. The third-order valence-corrected chi connectivity index (χ3v) is 2.26. The van der Waals surface area contributed by atoms with Crippen molar-refractivity contribution in [2.75, 3.05) is 13.1 Å². The van der Waals surface area contributed by atoms with Gasteiger partial charge in [0.1, 0.15) is 0 Å². The molecule has 0 aliphatic heterocycles. The second-order valence-corrected chi connectivity index (χ2v) is 3.81. The number of amides is 1. The highest BCUT2D eigenvalue weighted by Gasteiger charge is 2.04. The molecule has 0 saturated heterocycles. The van der Waals surface area contributed by atoms with Gasteiger partial charge in [0.05, 0.1) is 6.42 Å². The summed E-state index contributed by atoms with van der Waals surface area (Å²) in [6.45, 7) is 3.27. The topological polar surface area (TPSA) is 55.1 Å². The van der Waals surface area contributed by atoms with Crippen molar-refractivity contribution in [1.29, 1.82) is 0 Å². The van der Waals surface area contributed by atoms with Gasteiger partial charge in [-0.05, 0) is 18.0 Å². The van der Waals surface area contributed by atoms with Crippen LogP contribution in [0.2, 0.25) is 0 Å². The lowest BCUT2D eigenvalue weighted by Crippen LogP contribution is -2.32. The van der Waals surface area contributed by atoms with E-state index >= 15 is 0 Å². The number of benzene rings is 1. The van der Waals surface area contributed by atoms with E-state index in [4.69, 9.17) is 5.73 Å². The molecule has 1 unspecified atom stereocenters. The first kappa shape index (κ1) is 11.7. The van der Waals surface area contributed by atoms with E-state index in [9.17, 15) is 4.79 Å². The molecule has 0 bridgehead atoms. The number of rotatable bonds is 5. The van der Waals surface area contributed by atoms with Crippen LogP contribution in [0.1, 0.15) is 12.5 Å². The highest BCUT2D eigenvalue weighted by molar-refractivity contribution is 5.78. The van der Waals surface area contributed by atoms with Crippen LogP contribution < -0.4 is 11.1 Å². The molecule has 0 saturated carbocycles. The van der Waals surface area contributed by atoms with Crippen molar-refractivity contribution < 1.29 is 4.79 Å². The summed E-state index contributed by atoms with van der Waals surface area (Å²) >= 11 is 0. The Morgan fingerprint density at radius 3 is 2.67 bits per heavy atom. The van der Waals surface area contributed by atoms with Crippen molar-refractivity contribution >= 4 is 5.91 Å². The molecule has 1 atom stereocenters. The number of carbonyl (C=O) groups excluding carboxylic acids is 1. The normalized spacial score (nSPS) is 12.1. The van der Waals surface area contributed by atoms with Crippen molar-refractivity contribution in [3.8, 4) is 0 Å². The van der Waals surface area contributed by atoms with Crippen LogP contribution in [0.5, 0.6) is 0 Å². The van der Waals surface area contributed by atoms with Crippen LogP contribution in [0.3, 0.4) is 0 Å². The Kier molecular flexibility index (Phi) is 4.84. The molecule has 0 aliphatic rings. The van der Waals surface area contributed by atoms with Gasteiger partial charge in [-0.2, -0.15) is 0 Å². The first-order valence-corrected chi connectivity index (χ1v) is 5.23. The van der Waals surface area contributed by atoms with Crippen LogP contribution in [-0.4, -0.2) is 19.0 Å². The minimum absolute atomic E-state index is 0.0569. The molecule has 1 rings (SSSR count). The standard InChI is InChI=1S/C12H18N2O/c1-10(8-13)9-14-12(15)7-11-5-3-2-4-6-11/h2-6,10H,7-9,13H2,1H3,(H,14,15). The molecule has 1 amide bonds. The highest BCUT2D eigenvalue weighted by atomic mass is 16.1. The second-order valence-electron chi connectivity index (χ2n) is 3.81. The lowest BCUT2D eigenvalue weighted by molar-refractivity contribution is -0.120. The van der Waals surface area contributed by atoms with Crippen LogP contribution in [-0.2, 0) is 11.2 Å². The predicted molar refractivity (Wildman–Crippen MR) is 61.4 cm³/mol. The molecule has 0 aliphatic carbocycles. The fraction of sp³-hybridized carbons (Fsp3) is 0.417. The summed E-state index contributed by atoms with van der Waals surface area (Å²) in [5.41, 5.74) is 6.50. The molecule has 15 heavy (non-hydrogen) atoms. The van der Waals surface area contributed by atoms with E-state index in [0.29, 0.717) is 25.4 Å². The molecule has 0 aromatic heterocycles. The molecule has 82 valence electrons. The highest BCUT2D eigenvalue weighted by Crippen LogP contribution is 1.99. The molecule has 3 heteroatoms. The summed E-state index contributed by atoms with van der Waals surface area (Å²) in [5, 5.41) is 2.86. The van der Waals surface area contributed by atoms with E-state index in [1.54, 1.807) is 0 Å². The molecular formula is C12H18N2O. The van der Waals surface area contributed by atoms with Gasteiger partial charge in [-0.25, -0.2) is 0 Å². The Balaban J connectivity index is 2.31. The Labute approximate surface area is 90.7 Å². The molecule has 1 aromatic carbocycles. The first-order valence-electron chi connectivity index (χ1n) is 5.23.